The highest BCUT2D eigenvalue weighted by atomic mass is 16.5. The van der Waals surface area contributed by atoms with E-state index in [-0.39, 0.29) is 23.7 Å². The lowest BCUT2D eigenvalue weighted by Gasteiger charge is -2.17. The van der Waals surface area contributed by atoms with Gasteiger partial charge in [-0.1, -0.05) is 48.6 Å². The Kier molecular flexibility index (Phi) is 6.14. The summed E-state index contributed by atoms with van der Waals surface area (Å²) in [4.78, 5) is 12.6. The van der Waals surface area contributed by atoms with E-state index in [0.29, 0.717) is 16.7 Å². The number of carbonyl (C=O) groups excluding carboxylic acids is 1. The predicted molar refractivity (Wildman–Crippen MR) is 99.0 cm³/mol. The lowest BCUT2D eigenvalue weighted by Crippen LogP contribution is -2.13. The molecule has 0 aliphatic rings. The predicted octanol–water partition coefficient (Wildman–Crippen LogP) is 3.78. The summed E-state index contributed by atoms with van der Waals surface area (Å²) >= 11 is 0. The van der Waals surface area contributed by atoms with Gasteiger partial charge in [0, 0.05) is 12.0 Å². The van der Waals surface area contributed by atoms with E-state index in [2.05, 4.69) is 6.58 Å². The molecule has 0 bridgehead atoms. The van der Waals surface area contributed by atoms with Crippen molar-refractivity contribution in [1.29, 1.82) is 0 Å². The van der Waals surface area contributed by atoms with Crippen LogP contribution in [0, 0.1) is 0 Å². The van der Waals surface area contributed by atoms with Crippen LogP contribution < -0.4 is 4.74 Å². The zero-order chi connectivity index (χ0) is 18.4. The van der Waals surface area contributed by atoms with Crippen LogP contribution in [0.3, 0.4) is 0 Å². The van der Waals surface area contributed by atoms with Gasteiger partial charge in [0.25, 0.3) is 0 Å². The summed E-state index contributed by atoms with van der Waals surface area (Å²) in [5, 5.41) is 20.2. The van der Waals surface area contributed by atoms with Crippen molar-refractivity contribution >= 4 is 11.9 Å². The van der Waals surface area contributed by atoms with Gasteiger partial charge in [0.1, 0.15) is 11.5 Å². The highest BCUT2D eigenvalue weighted by Gasteiger charge is 2.20. The summed E-state index contributed by atoms with van der Waals surface area (Å²) in [7, 11) is 1.43. The van der Waals surface area contributed by atoms with E-state index in [1.807, 2.05) is 30.3 Å². The van der Waals surface area contributed by atoms with Crippen molar-refractivity contribution in [2.75, 3.05) is 7.11 Å². The zero-order valence-corrected chi connectivity index (χ0v) is 14.4. The van der Waals surface area contributed by atoms with Crippen LogP contribution >= 0.6 is 0 Å². The number of carbonyl (C=O) groups is 1. The van der Waals surface area contributed by atoms with Crippen molar-refractivity contribution in [2.24, 2.45) is 0 Å². The summed E-state index contributed by atoms with van der Waals surface area (Å²) < 4.78 is 5.36. The maximum absolute atomic E-state index is 12.6. The number of rotatable bonds is 7. The monoisotopic (exact) mass is 338 g/mol. The number of ether oxygens (including phenoxy) is 1. The van der Waals surface area contributed by atoms with E-state index >= 15 is 0 Å². The van der Waals surface area contributed by atoms with Gasteiger partial charge in [-0.15, -0.1) is 0 Å². The molecule has 25 heavy (non-hydrogen) atoms. The van der Waals surface area contributed by atoms with Crippen molar-refractivity contribution < 1.29 is 19.7 Å². The Morgan fingerprint density at radius 2 is 1.92 bits per heavy atom. The van der Waals surface area contributed by atoms with Crippen molar-refractivity contribution in [3.8, 4) is 11.5 Å². The number of phenolic OH excluding ortho intramolecular Hbond substituents is 1. The average Bonchev–Trinajstić information content (AvgIpc) is 2.61. The molecular formula is C21H22O4. The molecule has 1 atom stereocenters. The second-order valence-corrected chi connectivity index (χ2v) is 5.82. The molecule has 0 aliphatic carbocycles. The Morgan fingerprint density at radius 3 is 2.52 bits per heavy atom. The van der Waals surface area contributed by atoms with Crippen molar-refractivity contribution in [2.45, 2.75) is 19.4 Å². The average molecular weight is 338 g/mol. The Morgan fingerprint density at radius 1 is 1.24 bits per heavy atom. The lowest BCUT2D eigenvalue weighted by atomic mass is 9.97. The second kappa shape index (κ2) is 8.31. The smallest absolute Gasteiger partial charge is 0.189 e. The third-order valence-electron chi connectivity index (χ3n) is 3.90. The number of ketones is 1. The number of aliphatic hydroxyl groups excluding tert-OH is 1. The Balaban J connectivity index is 2.36. The van der Waals surface area contributed by atoms with Gasteiger partial charge in [-0.3, -0.25) is 4.79 Å². The van der Waals surface area contributed by atoms with Crippen molar-refractivity contribution in [3.05, 3.63) is 77.4 Å². The first-order valence-corrected chi connectivity index (χ1v) is 7.93. The van der Waals surface area contributed by atoms with Crippen molar-refractivity contribution in [1.82, 2.24) is 0 Å². The van der Waals surface area contributed by atoms with E-state index < -0.39 is 6.10 Å². The molecule has 2 rings (SSSR count). The van der Waals surface area contributed by atoms with Crippen LogP contribution in [0.4, 0.5) is 0 Å². The summed E-state index contributed by atoms with van der Waals surface area (Å²) in [6, 6.07) is 12.4. The molecule has 0 heterocycles. The number of allylic oxidation sites excluding steroid dienone is 1. The highest BCUT2D eigenvalue weighted by Crippen LogP contribution is 2.33. The fourth-order valence-corrected chi connectivity index (χ4v) is 2.44. The van der Waals surface area contributed by atoms with Gasteiger partial charge in [0.15, 0.2) is 5.78 Å². The Bertz CT molecular complexity index is 791. The van der Waals surface area contributed by atoms with Gasteiger partial charge in [0.05, 0.1) is 18.8 Å². The maximum Gasteiger partial charge on any atom is 0.189 e. The number of benzene rings is 2. The highest BCUT2D eigenvalue weighted by molar-refractivity contribution is 6.09. The molecule has 0 aromatic heterocycles. The van der Waals surface area contributed by atoms with E-state index in [4.69, 9.17) is 4.74 Å². The molecule has 0 spiro atoms. The summed E-state index contributed by atoms with van der Waals surface area (Å²) in [5.74, 6) is -0.00415. The third kappa shape index (κ3) is 4.58. The number of hydrogen-bond donors (Lipinski definition) is 2. The molecule has 2 N–H and O–H groups in total. The standard InChI is InChI=1S/C21H22O4/c1-14(2)20(24)13-17-19(23)12-10-16(21(17)25-3)18(22)11-9-15-7-5-4-6-8-15/h4-12,20,23-24H,1,13H2,2-3H3/b11-9+. The molecule has 0 saturated carbocycles. The largest absolute Gasteiger partial charge is 0.508 e. The number of aromatic hydroxyl groups is 1. The van der Waals surface area contributed by atoms with Crippen LogP contribution in [0.2, 0.25) is 0 Å². The molecule has 0 amide bonds. The summed E-state index contributed by atoms with van der Waals surface area (Å²) in [6.07, 6.45) is 2.47. The molecule has 4 heteroatoms. The first kappa shape index (κ1) is 18.5. The van der Waals surface area contributed by atoms with E-state index in [9.17, 15) is 15.0 Å². The van der Waals surface area contributed by atoms with Gasteiger partial charge >= 0.3 is 0 Å². The molecule has 1 unspecified atom stereocenters. The van der Waals surface area contributed by atoms with E-state index in [1.54, 1.807) is 13.0 Å². The molecule has 0 saturated heterocycles. The fourth-order valence-electron chi connectivity index (χ4n) is 2.44. The van der Waals surface area contributed by atoms with Gasteiger partial charge in [0.2, 0.25) is 0 Å². The zero-order valence-electron chi connectivity index (χ0n) is 14.4. The minimum absolute atomic E-state index is 0.0271. The Hall–Kier alpha value is -2.85. The van der Waals surface area contributed by atoms with E-state index in [1.165, 1.54) is 25.3 Å². The summed E-state index contributed by atoms with van der Waals surface area (Å²) in [5.41, 5.74) is 2.20. The van der Waals surface area contributed by atoms with Gasteiger partial charge in [-0.05, 0) is 30.7 Å². The minimum atomic E-state index is -0.829. The van der Waals surface area contributed by atoms with Crippen LogP contribution in [0.1, 0.15) is 28.4 Å². The maximum atomic E-state index is 12.6. The quantitative estimate of drug-likeness (QED) is 0.458. The van der Waals surface area contributed by atoms with Crippen LogP contribution in [-0.2, 0) is 6.42 Å². The number of methoxy groups -OCH3 is 1. The second-order valence-electron chi connectivity index (χ2n) is 5.82. The molecule has 2 aromatic carbocycles. The number of phenols is 1. The first-order valence-electron chi connectivity index (χ1n) is 7.93. The molecule has 0 radical (unpaired) electrons. The molecule has 0 aliphatic heterocycles. The topological polar surface area (TPSA) is 66.8 Å². The van der Waals surface area contributed by atoms with Crippen LogP contribution in [0.25, 0.3) is 6.08 Å². The molecule has 2 aromatic rings. The van der Waals surface area contributed by atoms with Crippen LogP contribution in [0.5, 0.6) is 11.5 Å². The first-order chi connectivity index (χ1) is 11.9. The molecule has 0 fully saturated rings. The van der Waals surface area contributed by atoms with Crippen LogP contribution in [0.15, 0.2) is 60.7 Å². The SMILES string of the molecule is C=C(C)C(O)Cc1c(O)ccc(C(=O)/C=C/c2ccccc2)c1OC. The summed E-state index contributed by atoms with van der Waals surface area (Å²) in [6.45, 7) is 5.41. The fraction of sp³-hybridized carbons (Fsp3) is 0.190. The number of hydrogen-bond acceptors (Lipinski definition) is 4. The Labute approximate surface area is 147 Å². The lowest BCUT2D eigenvalue weighted by molar-refractivity contribution is 0.104. The molecular weight excluding hydrogens is 316 g/mol. The van der Waals surface area contributed by atoms with Crippen molar-refractivity contribution in [3.63, 3.8) is 0 Å². The molecule has 130 valence electrons. The van der Waals surface area contributed by atoms with Gasteiger partial charge in [-0.25, -0.2) is 0 Å². The van der Waals surface area contributed by atoms with Gasteiger partial charge < -0.3 is 14.9 Å². The van der Waals surface area contributed by atoms with Gasteiger partial charge in [-0.2, -0.15) is 0 Å². The number of aliphatic hydroxyl groups is 1. The third-order valence-corrected chi connectivity index (χ3v) is 3.90. The minimum Gasteiger partial charge on any atom is -0.508 e. The van der Waals surface area contributed by atoms with E-state index in [0.717, 1.165) is 5.56 Å². The molecule has 4 nitrogen and oxygen atoms in total. The normalized spacial score (nSPS) is 12.1. The van der Waals surface area contributed by atoms with Crippen LogP contribution in [-0.4, -0.2) is 29.2 Å².